The number of nitrogens with zero attached hydrogens (tertiary/aromatic N) is 2. The normalized spacial score (nSPS) is 13.2. The fraction of sp³-hybridized carbons (Fsp3) is 0.588. The predicted octanol–water partition coefficient (Wildman–Crippen LogP) is 2.67. The van der Waals surface area contributed by atoms with Crippen LogP contribution in [0.4, 0.5) is 0 Å². The zero-order valence-electron chi connectivity index (χ0n) is 14.3. The standard InChI is InChI=1S/C17H30N4S/c1-5-18-17(19-12-13-21(4)6-2)20-14-15(3)22-16-10-8-7-9-11-16/h7-11,15H,5-6,12-14H2,1-4H3,(H2,18,19,20). The molecule has 1 atom stereocenters. The maximum Gasteiger partial charge on any atom is 0.191 e. The summed E-state index contributed by atoms with van der Waals surface area (Å²) in [6, 6.07) is 10.5. The minimum atomic E-state index is 0.455. The summed E-state index contributed by atoms with van der Waals surface area (Å²) in [7, 11) is 2.13. The molecule has 5 heteroatoms. The first-order valence-electron chi connectivity index (χ1n) is 8.08. The molecular weight excluding hydrogens is 292 g/mol. The number of nitrogens with one attached hydrogen (secondary N) is 2. The predicted molar refractivity (Wildman–Crippen MR) is 98.9 cm³/mol. The lowest BCUT2D eigenvalue weighted by atomic mass is 10.4. The van der Waals surface area contributed by atoms with Crippen molar-refractivity contribution in [2.75, 3.05) is 39.8 Å². The Morgan fingerprint density at radius 1 is 1.23 bits per heavy atom. The first kappa shape index (κ1) is 18.8. The third-order valence-electron chi connectivity index (χ3n) is 3.26. The number of rotatable bonds is 9. The third kappa shape index (κ3) is 8.29. The Bertz CT molecular complexity index is 422. The molecule has 0 radical (unpaired) electrons. The molecule has 0 aliphatic rings. The topological polar surface area (TPSA) is 39.7 Å². The second-order valence-electron chi connectivity index (χ2n) is 5.28. The van der Waals surface area contributed by atoms with Crippen molar-refractivity contribution in [2.45, 2.75) is 30.9 Å². The van der Waals surface area contributed by atoms with Crippen LogP contribution in [0.5, 0.6) is 0 Å². The molecule has 22 heavy (non-hydrogen) atoms. The van der Waals surface area contributed by atoms with Gasteiger partial charge in [0.25, 0.3) is 0 Å². The van der Waals surface area contributed by atoms with Crippen molar-refractivity contribution in [3.8, 4) is 0 Å². The Balaban J connectivity index is 2.40. The van der Waals surface area contributed by atoms with E-state index < -0.39 is 0 Å². The van der Waals surface area contributed by atoms with Gasteiger partial charge in [-0.25, -0.2) is 0 Å². The lowest BCUT2D eigenvalue weighted by Gasteiger charge is -2.17. The van der Waals surface area contributed by atoms with Crippen LogP contribution in [-0.2, 0) is 0 Å². The molecule has 0 amide bonds. The molecular formula is C17H30N4S. The maximum atomic E-state index is 4.69. The average molecular weight is 323 g/mol. The highest BCUT2D eigenvalue weighted by Gasteiger charge is 2.05. The van der Waals surface area contributed by atoms with Crippen molar-refractivity contribution in [3.63, 3.8) is 0 Å². The van der Waals surface area contributed by atoms with Gasteiger partial charge in [-0.1, -0.05) is 32.0 Å². The molecule has 0 spiro atoms. The summed E-state index contributed by atoms with van der Waals surface area (Å²) in [4.78, 5) is 8.27. The quantitative estimate of drug-likeness (QED) is 0.417. The SMILES string of the molecule is CCNC(=NCC(C)Sc1ccccc1)NCCN(C)CC. The first-order chi connectivity index (χ1) is 10.7. The van der Waals surface area contributed by atoms with Crippen LogP contribution < -0.4 is 10.6 Å². The van der Waals surface area contributed by atoms with Crippen molar-refractivity contribution >= 4 is 17.7 Å². The van der Waals surface area contributed by atoms with E-state index in [0.717, 1.165) is 38.7 Å². The molecule has 0 saturated heterocycles. The Labute approximate surface area is 139 Å². The molecule has 1 aromatic carbocycles. The van der Waals surface area contributed by atoms with Gasteiger partial charge in [0.1, 0.15) is 0 Å². The minimum Gasteiger partial charge on any atom is -0.357 e. The molecule has 1 rings (SSSR count). The number of hydrogen-bond acceptors (Lipinski definition) is 3. The van der Waals surface area contributed by atoms with Crippen molar-refractivity contribution in [1.29, 1.82) is 0 Å². The molecule has 0 heterocycles. The maximum absolute atomic E-state index is 4.69. The van der Waals surface area contributed by atoms with Crippen molar-refractivity contribution in [3.05, 3.63) is 30.3 Å². The Hall–Kier alpha value is -1.20. The molecule has 1 aromatic rings. The highest BCUT2D eigenvalue weighted by molar-refractivity contribution is 8.00. The van der Waals surface area contributed by atoms with E-state index >= 15 is 0 Å². The van der Waals surface area contributed by atoms with Crippen LogP contribution >= 0.6 is 11.8 Å². The highest BCUT2D eigenvalue weighted by Crippen LogP contribution is 2.22. The number of guanidine groups is 1. The monoisotopic (exact) mass is 322 g/mol. The van der Waals surface area contributed by atoms with E-state index in [0.29, 0.717) is 5.25 Å². The molecule has 2 N–H and O–H groups in total. The number of hydrogen-bond donors (Lipinski definition) is 2. The van der Waals surface area contributed by atoms with Crippen molar-refractivity contribution in [1.82, 2.24) is 15.5 Å². The zero-order valence-corrected chi connectivity index (χ0v) is 15.1. The number of aliphatic imine (C=N–C) groups is 1. The molecule has 0 aliphatic heterocycles. The lowest BCUT2D eigenvalue weighted by Crippen LogP contribution is -2.41. The van der Waals surface area contributed by atoms with E-state index in [4.69, 9.17) is 0 Å². The largest absolute Gasteiger partial charge is 0.357 e. The van der Waals surface area contributed by atoms with Gasteiger partial charge in [-0.05, 0) is 32.6 Å². The molecule has 0 bridgehead atoms. The van der Waals surface area contributed by atoms with Crippen LogP contribution in [0, 0.1) is 0 Å². The third-order valence-corrected chi connectivity index (χ3v) is 4.35. The Kier molecular flexibility index (Phi) is 9.75. The molecule has 0 fully saturated rings. The molecule has 1 unspecified atom stereocenters. The van der Waals surface area contributed by atoms with Crippen LogP contribution in [0.2, 0.25) is 0 Å². The minimum absolute atomic E-state index is 0.455. The van der Waals surface area contributed by atoms with Gasteiger partial charge < -0.3 is 15.5 Å². The zero-order chi connectivity index (χ0) is 16.2. The number of benzene rings is 1. The molecule has 4 nitrogen and oxygen atoms in total. The van der Waals surface area contributed by atoms with Gasteiger partial charge in [0, 0.05) is 29.8 Å². The van der Waals surface area contributed by atoms with Crippen LogP contribution in [0.25, 0.3) is 0 Å². The van der Waals surface area contributed by atoms with Gasteiger partial charge >= 0.3 is 0 Å². The van der Waals surface area contributed by atoms with Crippen LogP contribution in [0.1, 0.15) is 20.8 Å². The summed E-state index contributed by atoms with van der Waals surface area (Å²) in [5.41, 5.74) is 0. The van der Waals surface area contributed by atoms with Gasteiger partial charge in [0.15, 0.2) is 5.96 Å². The van der Waals surface area contributed by atoms with E-state index in [1.165, 1.54) is 4.90 Å². The van der Waals surface area contributed by atoms with Crippen LogP contribution in [0.15, 0.2) is 40.2 Å². The van der Waals surface area contributed by atoms with Crippen molar-refractivity contribution < 1.29 is 0 Å². The molecule has 124 valence electrons. The first-order valence-corrected chi connectivity index (χ1v) is 8.96. The number of likely N-dealkylation sites (N-methyl/N-ethyl adjacent to an activating group) is 1. The van der Waals surface area contributed by atoms with Gasteiger partial charge in [-0.2, -0.15) is 0 Å². The number of thioether (sulfide) groups is 1. The van der Waals surface area contributed by atoms with Gasteiger partial charge in [0.05, 0.1) is 6.54 Å². The van der Waals surface area contributed by atoms with Crippen LogP contribution in [-0.4, -0.2) is 55.9 Å². The Morgan fingerprint density at radius 2 is 1.95 bits per heavy atom. The molecule has 0 aromatic heterocycles. The summed E-state index contributed by atoms with van der Waals surface area (Å²) >= 11 is 1.87. The van der Waals surface area contributed by atoms with Gasteiger partial charge in [-0.3, -0.25) is 4.99 Å². The van der Waals surface area contributed by atoms with Crippen LogP contribution in [0.3, 0.4) is 0 Å². The fourth-order valence-electron chi connectivity index (χ4n) is 1.85. The van der Waals surface area contributed by atoms with Crippen molar-refractivity contribution in [2.24, 2.45) is 4.99 Å². The van der Waals surface area contributed by atoms with Gasteiger partial charge in [-0.15, -0.1) is 11.8 Å². The smallest absolute Gasteiger partial charge is 0.191 e. The summed E-state index contributed by atoms with van der Waals surface area (Å²) in [6.45, 7) is 11.2. The second-order valence-corrected chi connectivity index (χ2v) is 6.80. The summed E-state index contributed by atoms with van der Waals surface area (Å²) in [5, 5.41) is 7.15. The van der Waals surface area contributed by atoms with E-state index in [1.807, 2.05) is 17.8 Å². The fourth-order valence-corrected chi connectivity index (χ4v) is 2.78. The van der Waals surface area contributed by atoms with E-state index in [2.05, 4.69) is 72.6 Å². The van der Waals surface area contributed by atoms with Gasteiger partial charge in [0.2, 0.25) is 0 Å². The lowest BCUT2D eigenvalue weighted by molar-refractivity contribution is 0.357. The average Bonchev–Trinajstić information content (AvgIpc) is 2.53. The molecule has 0 saturated carbocycles. The second kappa shape index (κ2) is 11.4. The van der Waals surface area contributed by atoms with E-state index in [-0.39, 0.29) is 0 Å². The summed E-state index contributed by atoms with van der Waals surface area (Å²) < 4.78 is 0. The van der Waals surface area contributed by atoms with E-state index in [9.17, 15) is 0 Å². The van der Waals surface area contributed by atoms with E-state index in [1.54, 1.807) is 0 Å². The Morgan fingerprint density at radius 3 is 2.59 bits per heavy atom. The highest BCUT2D eigenvalue weighted by atomic mass is 32.2. The molecule has 0 aliphatic carbocycles. The summed E-state index contributed by atoms with van der Waals surface area (Å²) in [5.74, 6) is 0.910. The summed E-state index contributed by atoms with van der Waals surface area (Å²) in [6.07, 6.45) is 0.